The highest BCUT2D eigenvalue weighted by Crippen LogP contribution is 2.40. The fourth-order valence-electron chi connectivity index (χ4n) is 3.02. The topological polar surface area (TPSA) is 29.5 Å². The molecule has 0 saturated heterocycles. The lowest BCUT2D eigenvalue weighted by atomic mass is 9.75. The Morgan fingerprint density at radius 1 is 0.909 bits per heavy atom. The molecule has 0 saturated carbocycles. The Kier molecular flexibility index (Phi) is 5.22. The third-order valence-electron chi connectivity index (χ3n) is 4.00. The normalized spacial score (nSPS) is 14.0. The van der Waals surface area contributed by atoms with E-state index in [-0.39, 0.29) is 5.41 Å². The Hall–Kier alpha value is -1.42. The van der Waals surface area contributed by atoms with Crippen LogP contribution in [0.1, 0.15) is 38.3 Å². The third-order valence-corrected chi connectivity index (χ3v) is 4.65. The number of hydrogen-bond donors (Lipinski definition) is 1. The molecule has 0 aliphatic heterocycles. The summed E-state index contributed by atoms with van der Waals surface area (Å²) in [6.45, 7) is 6.43. The Labute approximate surface area is 136 Å². The minimum Gasteiger partial charge on any atom is -0.412 e. The van der Waals surface area contributed by atoms with E-state index in [4.69, 9.17) is 4.43 Å². The van der Waals surface area contributed by atoms with E-state index in [0.29, 0.717) is 16.9 Å². The van der Waals surface area contributed by atoms with Crippen LogP contribution in [0.4, 0.5) is 0 Å². The van der Waals surface area contributed by atoms with Gasteiger partial charge in [-0.1, -0.05) is 81.4 Å². The smallest absolute Gasteiger partial charge is 0.147 e. The van der Waals surface area contributed by atoms with E-state index in [9.17, 15) is 5.11 Å². The molecule has 0 fully saturated rings. The summed E-state index contributed by atoms with van der Waals surface area (Å²) >= 11 is 0. The molecule has 0 aromatic heterocycles. The van der Waals surface area contributed by atoms with Gasteiger partial charge in [0.15, 0.2) is 0 Å². The highest BCUT2D eigenvalue weighted by Gasteiger charge is 2.42. The first-order chi connectivity index (χ1) is 10.4. The lowest BCUT2D eigenvalue weighted by molar-refractivity contribution is -0.0445. The largest absolute Gasteiger partial charge is 0.412 e. The van der Waals surface area contributed by atoms with Gasteiger partial charge in [-0.2, -0.15) is 0 Å². The first-order valence-electron chi connectivity index (χ1n) is 7.74. The molecule has 0 aliphatic rings. The van der Waals surface area contributed by atoms with Crippen molar-refractivity contribution >= 4 is 10.5 Å². The van der Waals surface area contributed by atoms with E-state index in [1.54, 1.807) is 0 Å². The van der Waals surface area contributed by atoms with Crippen molar-refractivity contribution in [2.75, 3.05) is 0 Å². The molecule has 2 aromatic carbocycles. The number of benzene rings is 2. The lowest BCUT2D eigenvalue weighted by Gasteiger charge is -2.41. The van der Waals surface area contributed by atoms with Crippen LogP contribution in [-0.4, -0.2) is 21.7 Å². The fraction of sp³-hybridized carbons (Fsp3) is 0.368. The van der Waals surface area contributed by atoms with Gasteiger partial charge in [-0.25, -0.2) is 0 Å². The van der Waals surface area contributed by atoms with Crippen LogP contribution in [0.15, 0.2) is 60.7 Å². The van der Waals surface area contributed by atoms with Gasteiger partial charge >= 0.3 is 0 Å². The number of hydrogen-bond acceptors (Lipinski definition) is 2. The number of rotatable bonds is 5. The predicted octanol–water partition coefficient (Wildman–Crippen LogP) is 3.02. The Morgan fingerprint density at radius 3 is 1.64 bits per heavy atom. The molecule has 2 rings (SSSR count). The molecule has 1 N–H and O–H groups in total. The zero-order valence-electron chi connectivity index (χ0n) is 13.9. The zero-order valence-corrected chi connectivity index (χ0v) is 15.9. The average Bonchev–Trinajstić information content (AvgIpc) is 2.49. The fourth-order valence-corrected chi connectivity index (χ4v) is 3.76. The summed E-state index contributed by atoms with van der Waals surface area (Å²) in [6.07, 6.45) is 0.0637. The number of aliphatic hydroxyl groups is 1. The molecule has 1 atom stereocenters. The molecule has 0 bridgehead atoms. The average molecular weight is 315 g/mol. The molecule has 118 valence electrons. The third kappa shape index (κ3) is 3.49. The van der Waals surface area contributed by atoms with Crippen LogP contribution < -0.4 is 0 Å². The molecule has 22 heavy (non-hydrogen) atoms. The van der Waals surface area contributed by atoms with E-state index >= 15 is 0 Å². The molecule has 3 heteroatoms. The molecule has 0 heterocycles. The SMILES string of the molecule is CC(C)(C)CC(O)C(O[SiH3])(c1ccccc1)c1ccccc1. The number of aliphatic hydroxyl groups excluding tert-OH is 1. The quantitative estimate of drug-likeness (QED) is 0.860. The van der Waals surface area contributed by atoms with Crippen LogP contribution in [0.2, 0.25) is 0 Å². The van der Waals surface area contributed by atoms with Crippen molar-refractivity contribution in [1.29, 1.82) is 0 Å². The molecule has 0 aliphatic carbocycles. The van der Waals surface area contributed by atoms with Gasteiger partial charge < -0.3 is 9.53 Å². The molecule has 0 amide bonds. The summed E-state index contributed by atoms with van der Waals surface area (Å²) in [4.78, 5) is 0. The van der Waals surface area contributed by atoms with Gasteiger partial charge in [0.1, 0.15) is 16.1 Å². The second kappa shape index (κ2) is 6.78. The highest BCUT2D eigenvalue weighted by atomic mass is 28.2. The van der Waals surface area contributed by atoms with E-state index in [1.165, 1.54) is 0 Å². The van der Waals surface area contributed by atoms with Crippen LogP contribution in [0.3, 0.4) is 0 Å². The first kappa shape index (κ1) is 16.9. The van der Waals surface area contributed by atoms with Crippen molar-refractivity contribution in [1.82, 2.24) is 0 Å². The second-order valence-electron chi connectivity index (χ2n) is 6.95. The van der Waals surface area contributed by atoms with Crippen molar-refractivity contribution < 1.29 is 9.53 Å². The van der Waals surface area contributed by atoms with Gasteiger partial charge in [-0.05, 0) is 23.0 Å². The standard InChI is InChI=1S/C19H26O2Si/c1-18(2,3)14-17(20)19(21-22,15-10-6-4-7-11-15)16-12-8-5-9-13-16/h4-13,17,20H,14H2,1-3,22H3. The van der Waals surface area contributed by atoms with Gasteiger partial charge in [-0.15, -0.1) is 0 Å². The zero-order chi connectivity index (χ0) is 16.2. The van der Waals surface area contributed by atoms with Crippen molar-refractivity contribution in [3.8, 4) is 0 Å². The Bertz CT molecular complexity index is 536. The maximum atomic E-state index is 11.1. The van der Waals surface area contributed by atoms with Crippen LogP contribution in [0, 0.1) is 5.41 Å². The lowest BCUT2D eigenvalue weighted by Crippen LogP contribution is -2.44. The van der Waals surface area contributed by atoms with Gasteiger partial charge in [0.25, 0.3) is 0 Å². The van der Waals surface area contributed by atoms with Gasteiger partial charge in [0, 0.05) is 0 Å². The van der Waals surface area contributed by atoms with Gasteiger partial charge in [-0.3, -0.25) is 0 Å². The summed E-state index contributed by atoms with van der Waals surface area (Å²) < 4.78 is 6.11. The first-order valence-corrected chi connectivity index (χ1v) is 8.56. The van der Waals surface area contributed by atoms with Gasteiger partial charge in [0.05, 0.1) is 6.10 Å². The second-order valence-corrected chi connectivity index (χ2v) is 7.36. The van der Waals surface area contributed by atoms with E-state index in [0.717, 1.165) is 11.1 Å². The molecular weight excluding hydrogens is 288 g/mol. The van der Waals surface area contributed by atoms with Crippen LogP contribution >= 0.6 is 0 Å². The maximum Gasteiger partial charge on any atom is 0.147 e. The van der Waals surface area contributed by atoms with Crippen LogP contribution in [0.5, 0.6) is 0 Å². The Balaban J connectivity index is 2.58. The molecule has 2 nitrogen and oxygen atoms in total. The van der Waals surface area contributed by atoms with E-state index < -0.39 is 11.7 Å². The summed E-state index contributed by atoms with van der Waals surface area (Å²) in [6, 6.07) is 20.1. The molecule has 0 spiro atoms. The van der Waals surface area contributed by atoms with E-state index in [1.807, 2.05) is 60.7 Å². The summed E-state index contributed by atoms with van der Waals surface area (Å²) in [5.41, 5.74) is 1.25. The minimum absolute atomic E-state index is 0.0221. The van der Waals surface area contributed by atoms with Crippen LogP contribution in [0.25, 0.3) is 0 Å². The molecular formula is C19H26O2Si. The van der Waals surface area contributed by atoms with Crippen molar-refractivity contribution in [3.63, 3.8) is 0 Å². The molecule has 1 unspecified atom stereocenters. The summed E-state index contributed by atoms with van der Waals surface area (Å²) in [7, 11) is 0.545. The van der Waals surface area contributed by atoms with E-state index in [2.05, 4.69) is 20.8 Å². The summed E-state index contributed by atoms with van der Waals surface area (Å²) in [5, 5.41) is 11.1. The monoisotopic (exact) mass is 314 g/mol. The van der Waals surface area contributed by atoms with Crippen molar-refractivity contribution in [2.24, 2.45) is 5.41 Å². The summed E-state index contributed by atoms with van der Waals surface area (Å²) in [5.74, 6) is 0. The highest BCUT2D eigenvalue weighted by molar-refractivity contribution is 5.98. The molecule has 2 aromatic rings. The van der Waals surface area contributed by atoms with Crippen molar-refractivity contribution in [3.05, 3.63) is 71.8 Å². The predicted molar refractivity (Wildman–Crippen MR) is 94.8 cm³/mol. The molecule has 0 radical (unpaired) electrons. The Morgan fingerprint density at radius 2 is 1.32 bits per heavy atom. The van der Waals surface area contributed by atoms with Gasteiger partial charge in [0.2, 0.25) is 0 Å². The maximum absolute atomic E-state index is 11.1. The van der Waals surface area contributed by atoms with Crippen LogP contribution in [-0.2, 0) is 10.0 Å². The van der Waals surface area contributed by atoms with Crippen molar-refractivity contribution in [2.45, 2.75) is 38.9 Å². The minimum atomic E-state index is -0.790.